The highest BCUT2D eigenvalue weighted by Crippen LogP contribution is 2.26. The summed E-state index contributed by atoms with van der Waals surface area (Å²) in [7, 11) is 0. The second-order valence-corrected chi connectivity index (χ2v) is 3.76. The Labute approximate surface area is 89.4 Å². The Kier molecular flexibility index (Phi) is 3.22. The van der Waals surface area contributed by atoms with Crippen molar-refractivity contribution < 1.29 is 4.39 Å². The van der Waals surface area contributed by atoms with Gasteiger partial charge in [-0.15, -0.1) is 0 Å². The van der Waals surface area contributed by atoms with Crippen LogP contribution < -0.4 is 11.1 Å². The second kappa shape index (κ2) is 4.02. The molecule has 0 saturated carbocycles. The fraction of sp³-hybridized carbons (Fsp3) is 0.125. The van der Waals surface area contributed by atoms with E-state index < -0.39 is 0 Å². The largest absolute Gasteiger partial charge is 0.376 e. The lowest BCUT2D eigenvalue weighted by Gasteiger charge is -2.09. The average Bonchev–Trinajstić information content (AvgIpc) is 2.06. The number of rotatable bonds is 1. The van der Waals surface area contributed by atoms with Crippen molar-refractivity contribution in [3.63, 3.8) is 0 Å². The summed E-state index contributed by atoms with van der Waals surface area (Å²) in [6.07, 6.45) is 0. The van der Waals surface area contributed by atoms with Gasteiger partial charge in [0.1, 0.15) is 5.82 Å². The first kappa shape index (κ1) is 10.4. The van der Waals surface area contributed by atoms with Crippen molar-refractivity contribution in [1.29, 1.82) is 0 Å². The Morgan fingerprint density at radius 3 is 2.77 bits per heavy atom. The maximum absolute atomic E-state index is 13.0. The van der Waals surface area contributed by atoms with Gasteiger partial charge in [-0.2, -0.15) is 0 Å². The van der Waals surface area contributed by atoms with Crippen molar-refractivity contribution in [2.45, 2.75) is 6.92 Å². The standard InChI is InChI=1S/C8H8BrFN2S/c1-4-6(12-8(11)13)3-2-5(10)7(4)9/h2-3H,1H3,(H3,11,12,13). The summed E-state index contributed by atoms with van der Waals surface area (Å²) in [5.41, 5.74) is 6.75. The molecule has 5 heteroatoms. The van der Waals surface area contributed by atoms with E-state index in [1.54, 1.807) is 13.0 Å². The van der Waals surface area contributed by atoms with Crippen molar-refractivity contribution in [2.75, 3.05) is 5.32 Å². The van der Waals surface area contributed by atoms with Gasteiger partial charge in [0.05, 0.1) is 4.47 Å². The minimum absolute atomic E-state index is 0.168. The fourth-order valence-corrected chi connectivity index (χ4v) is 1.38. The molecule has 1 aromatic rings. The molecular weight excluding hydrogens is 255 g/mol. The summed E-state index contributed by atoms with van der Waals surface area (Å²) in [6.45, 7) is 1.77. The molecule has 0 heterocycles. The molecule has 0 unspecified atom stereocenters. The third-order valence-electron chi connectivity index (χ3n) is 1.60. The van der Waals surface area contributed by atoms with Crippen molar-refractivity contribution in [2.24, 2.45) is 5.73 Å². The molecular formula is C8H8BrFN2S. The van der Waals surface area contributed by atoms with Crippen LogP contribution in [0.5, 0.6) is 0 Å². The molecule has 1 aromatic carbocycles. The fourth-order valence-electron chi connectivity index (χ4n) is 0.920. The zero-order chi connectivity index (χ0) is 10.0. The molecule has 0 aliphatic rings. The molecule has 3 N–H and O–H groups in total. The van der Waals surface area contributed by atoms with E-state index in [1.807, 2.05) is 0 Å². The third kappa shape index (κ3) is 2.38. The first-order valence-electron chi connectivity index (χ1n) is 3.53. The van der Waals surface area contributed by atoms with Crippen molar-refractivity contribution >= 4 is 38.9 Å². The van der Waals surface area contributed by atoms with E-state index in [0.29, 0.717) is 10.2 Å². The molecule has 0 saturated heterocycles. The SMILES string of the molecule is Cc1c(NC(N)=S)ccc(F)c1Br. The van der Waals surface area contributed by atoms with Gasteiger partial charge in [-0.05, 0) is 52.8 Å². The zero-order valence-electron chi connectivity index (χ0n) is 6.90. The molecule has 0 aromatic heterocycles. The number of hydrogen-bond acceptors (Lipinski definition) is 1. The predicted molar refractivity (Wildman–Crippen MR) is 59.2 cm³/mol. The number of hydrogen-bond donors (Lipinski definition) is 2. The van der Waals surface area contributed by atoms with Gasteiger partial charge in [0.25, 0.3) is 0 Å². The summed E-state index contributed by atoms with van der Waals surface area (Å²) in [6, 6.07) is 2.94. The number of anilines is 1. The smallest absolute Gasteiger partial charge is 0.168 e. The molecule has 2 nitrogen and oxygen atoms in total. The van der Waals surface area contributed by atoms with E-state index >= 15 is 0 Å². The number of nitrogens with two attached hydrogens (primary N) is 1. The topological polar surface area (TPSA) is 38.0 Å². The monoisotopic (exact) mass is 262 g/mol. The third-order valence-corrected chi connectivity index (χ3v) is 2.67. The minimum atomic E-state index is -0.300. The van der Waals surface area contributed by atoms with E-state index in [2.05, 4.69) is 33.5 Å². The van der Waals surface area contributed by atoms with Crippen molar-refractivity contribution in [1.82, 2.24) is 0 Å². The van der Waals surface area contributed by atoms with Crippen LogP contribution in [0.4, 0.5) is 10.1 Å². The van der Waals surface area contributed by atoms with Crippen LogP contribution in [-0.4, -0.2) is 5.11 Å². The van der Waals surface area contributed by atoms with Gasteiger partial charge in [0.15, 0.2) is 5.11 Å². The Bertz CT molecular complexity index is 354. The summed E-state index contributed by atoms with van der Waals surface area (Å²) < 4.78 is 13.4. The summed E-state index contributed by atoms with van der Waals surface area (Å²) in [5, 5.41) is 2.92. The molecule has 70 valence electrons. The molecule has 0 spiro atoms. The maximum Gasteiger partial charge on any atom is 0.168 e. The number of benzene rings is 1. The van der Waals surface area contributed by atoms with Gasteiger partial charge in [-0.25, -0.2) is 4.39 Å². The molecule has 0 atom stereocenters. The van der Waals surface area contributed by atoms with E-state index in [-0.39, 0.29) is 10.9 Å². The van der Waals surface area contributed by atoms with Crippen LogP contribution in [0.1, 0.15) is 5.56 Å². The molecule has 0 radical (unpaired) electrons. The van der Waals surface area contributed by atoms with Crippen molar-refractivity contribution in [3.8, 4) is 0 Å². The maximum atomic E-state index is 13.0. The van der Waals surface area contributed by atoms with Crippen LogP contribution in [0.25, 0.3) is 0 Å². The summed E-state index contributed by atoms with van der Waals surface area (Å²) in [4.78, 5) is 0. The van der Waals surface area contributed by atoms with Crippen LogP contribution >= 0.6 is 28.1 Å². The average molecular weight is 263 g/mol. The Hall–Kier alpha value is -0.680. The molecule has 0 fully saturated rings. The van der Waals surface area contributed by atoms with E-state index in [0.717, 1.165) is 5.56 Å². The molecule has 0 aliphatic carbocycles. The second-order valence-electron chi connectivity index (χ2n) is 2.52. The molecule has 0 aliphatic heterocycles. The Morgan fingerprint density at radius 1 is 1.62 bits per heavy atom. The highest BCUT2D eigenvalue weighted by Gasteiger charge is 2.06. The number of halogens is 2. The predicted octanol–water partition coefficient (Wildman–Crippen LogP) is 2.55. The quantitative estimate of drug-likeness (QED) is 0.765. The highest BCUT2D eigenvalue weighted by molar-refractivity contribution is 9.10. The molecule has 13 heavy (non-hydrogen) atoms. The van der Waals surface area contributed by atoms with Gasteiger partial charge in [0, 0.05) is 5.69 Å². The minimum Gasteiger partial charge on any atom is -0.376 e. The van der Waals surface area contributed by atoms with Gasteiger partial charge >= 0.3 is 0 Å². The van der Waals surface area contributed by atoms with Gasteiger partial charge in [-0.3, -0.25) is 0 Å². The summed E-state index contributed by atoms with van der Waals surface area (Å²) >= 11 is 7.79. The van der Waals surface area contributed by atoms with Gasteiger partial charge in [-0.1, -0.05) is 0 Å². The van der Waals surface area contributed by atoms with Crippen LogP contribution in [0.2, 0.25) is 0 Å². The normalized spacial score (nSPS) is 9.77. The zero-order valence-corrected chi connectivity index (χ0v) is 9.30. The lowest BCUT2D eigenvalue weighted by molar-refractivity contribution is 0.620. The van der Waals surface area contributed by atoms with Crippen LogP contribution in [0.15, 0.2) is 16.6 Å². The van der Waals surface area contributed by atoms with Crippen LogP contribution in [0.3, 0.4) is 0 Å². The van der Waals surface area contributed by atoms with Crippen LogP contribution in [-0.2, 0) is 0 Å². The lowest BCUT2D eigenvalue weighted by Crippen LogP contribution is -2.19. The lowest BCUT2D eigenvalue weighted by atomic mass is 10.2. The number of nitrogens with one attached hydrogen (secondary N) is 1. The highest BCUT2D eigenvalue weighted by atomic mass is 79.9. The van der Waals surface area contributed by atoms with Gasteiger partial charge in [0.2, 0.25) is 0 Å². The Balaban J connectivity index is 3.10. The van der Waals surface area contributed by atoms with Gasteiger partial charge < -0.3 is 11.1 Å². The molecule has 0 amide bonds. The van der Waals surface area contributed by atoms with Crippen molar-refractivity contribution in [3.05, 3.63) is 28.0 Å². The molecule has 0 bridgehead atoms. The van der Waals surface area contributed by atoms with E-state index in [9.17, 15) is 4.39 Å². The first-order chi connectivity index (χ1) is 6.02. The Morgan fingerprint density at radius 2 is 2.23 bits per heavy atom. The van der Waals surface area contributed by atoms with E-state index in [1.165, 1.54) is 6.07 Å². The summed E-state index contributed by atoms with van der Waals surface area (Å²) in [5.74, 6) is -0.300. The van der Waals surface area contributed by atoms with E-state index in [4.69, 9.17) is 5.73 Å². The molecule has 1 rings (SSSR count). The number of thiocarbonyl (C=S) groups is 1. The van der Waals surface area contributed by atoms with Crippen LogP contribution in [0, 0.1) is 12.7 Å². The first-order valence-corrected chi connectivity index (χ1v) is 4.73.